The van der Waals surface area contributed by atoms with Gasteiger partial charge in [-0.1, -0.05) is 20.8 Å². The number of nitrogens with zero attached hydrogens (tertiary/aromatic N) is 6. The SMILES string of the molecule is CCN(CC)c1ccc(N=Nc2nc(C(C)C)ns2)c(N=S(=O)(CC)OC)c1. The number of rotatable bonds is 9. The molecule has 0 saturated heterocycles. The predicted octanol–water partition coefficient (Wildman–Crippen LogP) is 5.60. The maximum atomic E-state index is 12.7. The fourth-order valence-corrected chi connectivity index (χ4v) is 3.95. The lowest BCUT2D eigenvalue weighted by Gasteiger charge is -2.21. The molecule has 0 amide bonds. The zero-order valence-corrected chi connectivity index (χ0v) is 18.9. The van der Waals surface area contributed by atoms with Gasteiger partial charge < -0.3 is 4.90 Å². The van der Waals surface area contributed by atoms with Crippen LogP contribution in [-0.2, 0) is 14.2 Å². The summed E-state index contributed by atoms with van der Waals surface area (Å²) in [7, 11) is -1.40. The first kappa shape index (κ1) is 22.4. The number of benzene rings is 1. The quantitative estimate of drug-likeness (QED) is 0.488. The largest absolute Gasteiger partial charge is 0.372 e. The molecule has 1 unspecified atom stereocenters. The second kappa shape index (κ2) is 10.0. The topological polar surface area (TPSA) is 92.4 Å². The lowest BCUT2D eigenvalue weighted by Crippen LogP contribution is -2.21. The van der Waals surface area contributed by atoms with E-state index in [-0.39, 0.29) is 11.7 Å². The van der Waals surface area contributed by atoms with Gasteiger partial charge >= 0.3 is 0 Å². The maximum Gasteiger partial charge on any atom is 0.249 e. The van der Waals surface area contributed by atoms with Gasteiger partial charge in [-0.05, 0) is 32.0 Å². The molecular weight excluding hydrogens is 396 g/mol. The van der Waals surface area contributed by atoms with Crippen molar-refractivity contribution in [2.24, 2.45) is 14.6 Å². The van der Waals surface area contributed by atoms with E-state index in [1.165, 1.54) is 18.6 Å². The monoisotopic (exact) mass is 424 g/mol. The van der Waals surface area contributed by atoms with Crippen LogP contribution in [0.1, 0.15) is 46.4 Å². The number of aromatic nitrogens is 2. The van der Waals surface area contributed by atoms with Crippen LogP contribution in [0, 0.1) is 0 Å². The van der Waals surface area contributed by atoms with Crippen molar-refractivity contribution in [3.63, 3.8) is 0 Å². The molecule has 0 aliphatic rings. The highest BCUT2D eigenvalue weighted by Crippen LogP contribution is 2.35. The summed E-state index contributed by atoms with van der Waals surface area (Å²) in [6.07, 6.45) is 0. The van der Waals surface area contributed by atoms with E-state index in [0.29, 0.717) is 16.5 Å². The molecule has 0 aliphatic heterocycles. The molecule has 10 heteroatoms. The Morgan fingerprint density at radius 2 is 1.89 bits per heavy atom. The molecule has 2 rings (SSSR count). The van der Waals surface area contributed by atoms with Gasteiger partial charge in [0.2, 0.25) is 5.13 Å². The predicted molar refractivity (Wildman–Crippen MR) is 116 cm³/mol. The van der Waals surface area contributed by atoms with Crippen LogP contribution in [0.3, 0.4) is 0 Å². The van der Waals surface area contributed by atoms with E-state index in [9.17, 15) is 4.21 Å². The Hall–Kier alpha value is -1.91. The zero-order valence-electron chi connectivity index (χ0n) is 17.2. The molecule has 0 fully saturated rings. The molecule has 154 valence electrons. The van der Waals surface area contributed by atoms with Crippen molar-refractivity contribution >= 4 is 43.7 Å². The Balaban J connectivity index is 2.49. The summed E-state index contributed by atoms with van der Waals surface area (Å²) < 4.78 is 26.5. The summed E-state index contributed by atoms with van der Waals surface area (Å²) in [5.41, 5.74) is 1.97. The minimum Gasteiger partial charge on any atom is -0.372 e. The van der Waals surface area contributed by atoms with Crippen LogP contribution in [0.5, 0.6) is 0 Å². The second-order valence-corrected chi connectivity index (χ2v) is 9.25. The van der Waals surface area contributed by atoms with Gasteiger partial charge in [0.05, 0.1) is 12.9 Å². The number of anilines is 1. The molecule has 0 radical (unpaired) electrons. The highest BCUT2D eigenvalue weighted by Gasteiger charge is 2.12. The standard InChI is InChI=1S/C18H28N6O2S2/c1-7-24(8-2)14-10-11-15(16(12-14)23-28(25,9-3)26-6)20-21-18-19-17(13(4)5)22-27-18/h10-13H,7-9H2,1-6H3. The van der Waals surface area contributed by atoms with Gasteiger partial charge in [0.25, 0.3) is 0 Å². The van der Waals surface area contributed by atoms with E-state index in [2.05, 4.69) is 42.7 Å². The molecule has 1 aromatic heterocycles. The van der Waals surface area contributed by atoms with Gasteiger partial charge in [0.1, 0.15) is 17.2 Å². The second-order valence-electron chi connectivity index (χ2n) is 6.26. The van der Waals surface area contributed by atoms with Crippen molar-refractivity contribution in [3.05, 3.63) is 24.0 Å². The van der Waals surface area contributed by atoms with Crippen LogP contribution >= 0.6 is 11.5 Å². The van der Waals surface area contributed by atoms with E-state index in [4.69, 9.17) is 4.18 Å². The molecule has 0 spiro atoms. The smallest absolute Gasteiger partial charge is 0.249 e. The highest BCUT2D eigenvalue weighted by molar-refractivity contribution is 7.89. The van der Waals surface area contributed by atoms with E-state index >= 15 is 0 Å². The molecule has 1 aromatic carbocycles. The number of hydrogen-bond acceptors (Lipinski definition) is 9. The lowest BCUT2D eigenvalue weighted by atomic mass is 10.2. The van der Waals surface area contributed by atoms with Crippen LogP contribution in [0.4, 0.5) is 22.2 Å². The molecule has 0 aliphatic carbocycles. The van der Waals surface area contributed by atoms with Gasteiger partial charge in [-0.15, -0.1) is 10.2 Å². The molecule has 2 aromatic rings. The van der Waals surface area contributed by atoms with Crippen molar-refractivity contribution in [2.45, 2.75) is 40.5 Å². The van der Waals surface area contributed by atoms with E-state index < -0.39 is 10.0 Å². The van der Waals surface area contributed by atoms with Crippen molar-refractivity contribution < 1.29 is 8.39 Å². The van der Waals surface area contributed by atoms with Crippen LogP contribution in [0.15, 0.2) is 32.8 Å². The van der Waals surface area contributed by atoms with Crippen LogP contribution in [0.2, 0.25) is 0 Å². The van der Waals surface area contributed by atoms with Crippen molar-refractivity contribution in [1.29, 1.82) is 0 Å². The average Bonchev–Trinajstić information content (AvgIpc) is 3.17. The molecular formula is C18H28N6O2S2. The third kappa shape index (κ3) is 5.55. The fourth-order valence-electron chi connectivity index (χ4n) is 2.42. The lowest BCUT2D eigenvalue weighted by molar-refractivity contribution is 0.437. The van der Waals surface area contributed by atoms with Crippen molar-refractivity contribution in [1.82, 2.24) is 9.36 Å². The van der Waals surface area contributed by atoms with Gasteiger partial charge in [-0.3, -0.25) is 4.18 Å². The Kier molecular flexibility index (Phi) is 8.02. The third-order valence-electron chi connectivity index (χ3n) is 4.14. The van der Waals surface area contributed by atoms with E-state index in [1.54, 1.807) is 6.92 Å². The van der Waals surface area contributed by atoms with E-state index in [1.807, 2.05) is 32.0 Å². The molecule has 28 heavy (non-hydrogen) atoms. The van der Waals surface area contributed by atoms with Gasteiger partial charge in [-0.2, -0.15) is 13.7 Å². The first-order valence-corrected chi connectivity index (χ1v) is 11.7. The molecule has 0 saturated carbocycles. The average molecular weight is 425 g/mol. The fraction of sp³-hybridized carbons (Fsp3) is 0.556. The molecule has 1 heterocycles. The molecule has 8 nitrogen and oxygen atoms in total. The Labute approximate surface area is 171 Å². The van der Waals surface area contributed by atoms with Crippen molar-refractivity contribution in [2.75, 3.05) is 30.9 Å². The summed E-state index contributed by atoms with van der Waals surface area (Å²) in [5.74, 6) is 1.26. The van der Waals surface area contributed by atoms with Crippen LogP contribution in [-0.4, -0.2) is 39.5 Å². The summed E-state index contributed by atoms with van der Waals surface area (Å²) >= 11 is 1.20. The molecule has 0 N–H and O–H groups in total. The highest BCUT2D eigenvalue weighted by atomic mass is 32.2. The Morgan fingerprint density at radius 1 is 1.18 bits per heavy atom. The van der Waals surface area contributed by atoms with Crippen molar-refractivity contribution in [3.8, 4) is 0 Å². The third-order valence-corrected chi connectivity index (χ3v) is 6.48. The van der Waals surface area contributed by atoms with Gasteiger partial charge in [0, 0.05) is 36.2 Å². The van der Waals surface area contributed by atoms with Gasteiger partial charge in [0.15, 0.2) is 10.0 Å². The zero-order chi connectivity index (χ0) is 20.7. The van der Waals surface area contributed by atoms with E-state index in [0.717, 1.165) is 24.6 Å². The van der Waals surface area contributed by atoms with Crippen LogP contribution < -0.4 is 4.90 Å². The first-order chi connectivity index (χ1) is 13.4. The molecule has 1 atom stereocenters. The summed E-state index contributed by atoms with van der Waals surface area (Å²) in [6.45, 7) is 11.7. The number of azo groups is 1. The maximum absolute atomic E-state index is 12.7. The molecule has 0 bridgehead atoms. The summed E-state index contributed by atoms with van der Waals surface area (Å²) in [6, 6.07) is 5.65. The summed E-state index contributed by atoms with van der Waals surface area (Å²) in [5, 5.41) is 8.97. The van der Waals surface area contributed by atoms with Gasteiger partial charge in [-0.25, -0.2) is 4.21 Å². The minimum atomic E-state index is -2.81. The number of hydrogen-bond donors (Lipinski definition) is 0. The Morgan fingerprint density at radius 3 is 2.43 bits per heavy atom. The van der Waals surface area contributed by atoms with Crippen LogP contribution in [0.25, 0.3) is 0 Å². The Bertz CT molecular complexity index is 918. The summed E-state index contributed by atoms with van der Waals surface area (Å²) in [4.78, 5) is 6.54. The minimum absolute atomic E-state index is 0.232. The first-order valence-electron chi connectivity index (χ1n) is 9.30. The normalized spacial score (nSPS) is 13.8.